The number of nitrogens with zero attached hydrogens (tertiary/aromatic N) is 1. The molecule has 1 amide bonds. The third-order valence-electron chi connectivity index (χ3n) is 4.80. The van der Waals surface area contributed by atoms with Crippen molar-refractivity contribution in [2.45, 2.75) is 76.2 Å². The molecule has 4 atom stereocenters. The number of amides is 1. The van der Waals surface area contributed by atoms with E-state index in [0.717, 1.165) is 38.9 Å². The van der Waals surface area contributed by atoms with Gasteiger partial charge in [0.15, 0.2) is 0 Å². The summed E-state index contributed by atoms with van der Waals surface area (Å²) in [5.41, 5.74) is 0. The topological polar surface area (TPSA) is 51.3 Å². The van der Waals surface area contributed by atoms with Gasteiger partial charge in [0.05, 0.1) is 12.1 Å². The Hall–Kier alpha value is -0.810. The van der Waals surface area contributed by atoms with Crippen molar-refractivity contribution in [1.82, 2.24) is 4.90 Å². The number of rotatable bonds is 10. The van der Waals surface area contributed by atoms with E-state index in [1.165, 1.54) is 19.3 Å². The Balaban J connectivity index is 1.26. The Morgan fingerprint density at radius 3 is 2.81 bits per heavy atom. The molecule has 3 heterocycles. The van der Waals surface area contributed by atoms with E-state index < -0.39 is 0 Å². The minimum Gasteiger partial charge on any atom is -0.447 e. The predicted octanol–water partition coefficient (Wildman–Crippen LogP) is 2.72. The first-order chi connectivity index (χ1) is 10.3. The molecule has 0 unspecified atom stereocenters. The number of ether oxygens (including phenoxy) is 3. The van der Waals surface area contributed by atoms with Crippen molar-refractivity contribution in [1.29, 1.82) is 0 Å². The normalized spacial score (nSPS) is 33.0. The van der Waals surface area contributed by atoms with E-state index in [9.17, 15) is 4.79 Å². The van der Waals surface area contributed by atoms with Crippen LogP contribution in [0.1, 0.15) is 51.9 Å². The molecule has 0 spiro atoms. The highest BCUT2D eigenvalue weighted by molar-refractivity contribution is 5.72. The van der Waals surface area contributed by atoms with Crippen LogP contribution in [0.5, 0.6) is 0 Å². The summed E-state index contributed by atoms with van der Waals surface area (Å²) in [5.74, 6) is 0. The van der Waals surface area contributed by atoms with Crippen molar-refractivity contribution in [3.8, 4) is 0 Å². The molecule has 3 aliphatic heterocycles. The van der Waals surface area contributed by atoms with Crippen molar-refractivity contribution < 1.29 is 19.0 Å². The van der Waals surface area contributed by atoms with E-state index in [1.807, 2.05) is 4.90 Å². The first-order valence-electron chi connectivity index (χ1n) is 8.51. The van der Waals surface area contributed by atoms with E-state index >= 15 is 0 Å². The zero-order chi connectivity index (χ0) is 14.7. The van der Waals surface area contributed by atoms with Gasteiger partial charge in [-0.25, -0.2) is 4.79 Å². The fraction of sp³-hybridized carbons (Fsp3) is 0.938. The average molecular weight is 297 g/mol. The molecule has 5 nitrogen and oxygen atoms in total. The van der Waals surface area contributed by atoms with Crippen LogP contribution in [0.15, 0.2) is 0 Å². The smallest absolute Gasteiger partial charge is 0.410 e. The highest BCUT2D eigenvalue weighted by Gasteiger charge is 2.64. The number of epoxide rings is 1. The van der Waals surface area contributed by atoms with Gasteiger partial charge in [0.25, 0.3) is 0 Å². The highest BCUT2D eigenvalue weighted by Crippen LogP contribution is 2.45. The summed E-state index contributed by atoms with van der Waals surface area (Å²) >= 11 is 0. The van der Waals surface area contributed by atoms with E-state index in [0.29, 0.717) is 12.7 Å². The van der Waals surface area contributed by atoms with Gasteiger partial charge in [0.1, 0.15) is 18.8 Å². The SMILES string of the molecule is CCCCOCCCCCC[C@H]1[C@@H]2O[C@@H]2[C@@H]2COC(=O)N12. The summed E-state index contributed by atoms with van der Waals surface area (Å²) in [4.78, 5) is 13.7. The molecule has 3 fully saturated rings. The Morgan fingerprint density at radius 2 is 1.95 bits per heavy atom. The van der Waals surface area contributed by atoms with Gasteiger partial charge in [0.2, 0.25) is 0 Å². The number of fused-ring (bicyclic) bond motifs is 3. The Bertz CT molecular complexity index is 362. The molecule has 3 rings (SSSR count). The lowest BCUT2D eigenvalue weighted by Gasteiger charge is -2.24. The van der Waals surface area contributed by atoms with Crippen molar-refractivity contribution in [3.05, 3.63) is 0 Å². The Morgan fingerprint density at radius 1 is 1.14 bits per heavy atom. The van der Waals surface area contributed by atoms with Crippen LogP contribution < -0.4 is 0 Å². The number of hydrogen-bond acceptors (Lipinski definition) is 4. The standard InChI is InChI=1S/C16H27NO4/c1-2-3-9-19-10-7-5-4-6-8-12-14-15(21-14)13-11-20-16(18)17(12)13/h12-15H,2-11H2,1H3/t12-,13-,14-,15+/m0/s1. The largest absolute Gasteiger partial charge is 0.447 e. The molecule has 0 N–H and O–H groups in total. The van der Waals surface area contributed by atoms with Gasteiger partial charge in [-0.3, -0.25) is 4.90 Å². The number of carbonyl (C=O) groups excluding carboxylic acids is 1. The van der Waals surface area contributed by atoms with Crippen molar-refractivity contribution in [2.24, 2.45) is 0 Å². The molecule has 3 saturated heterocycles. The molecule has 0 aromatic carbocycles. The molecule has 0 bridgehead atoms. The molecular weight excluding hydrogens is 270 g/mol. The second kappa shape index (κ2) is 6.97. The van der Waals surface area contributed by atoms with E-state index in [-0.39, 0.29) is 24.3 Å². The van der Waals surface area contributed by atoms with Crippen LogP contribution in [0.4, 0.5) is 4.79 Å². The molecule has 0 aromatic rings. The summed E-state index contributed by atoms with van der Waals surface area (Å²) in [5, 5.41) is 0. The van der Waals surface area contributed by atoms with Crippen LogP contribution in [0.2, 0.25) is 0 Å². The van der Waals surface area contributed by atoms with Crippen LogP contribution in [0.3, 0.4) is 0 Å². The van der Waals surface area contributed by atoms with Crippen LogP contribution in [0, 0.1) is 0 Å². The highest BCUT2D eigenvalue weighted by atomic mass is 16.6. The summed E-state index contributed by atoms with van der Waals surface area (Å²) in [6.07, 6.45) is 8.54. The summed E-state index contributed by atoms with van der Waals surface area (Å²) in [6, 6.07) is 0.454. The lowest BCUT2D eigenvalue weighted by molar-refractivity contribution is 0.119. The van der Waals surface area contributed by atoms with E-state index in [1.54, 1.807) is 0 Å². The molecule has 3 aliphatic rings. The summed E-state index contributed by atoms with van der Waals surface area (Å²) in [6.45, 7) is 4.49. The van der Waals surface area contributed by atoms with Crippen LogP contribution in [-0.4, -0.2) is 55.1 Å². The van der Waals surface area contributed by atoms with Crippen LogP contribution in [0.25, 0.3) is 0 Å². The first-order valence-corrected chi connectivity index (χ1v) is 8.51. The molecular formula is C16H27NO4. The second-order valence-electron chi connectivity index (χ2n) is 6.35. The number of hydrogen-bond donors (Lipinski definition) is 0. The molecule has 120 valence electrons. The second-order valence-corrected chi connectivity index (χ2v) is 6.35. The van der Waals surface area contributed by atoms with Gasteiger partial charge in [-0.1, -0.05) is 32.6 Å². The number of cyclic esters (lactones) is 1. The number of unbranched alkanes of at least 4 members (excludes halogenated alkanes) is 4. The third-order valence-corrected chi connectivity index (χ3v) is 4.80. The Kier molecular flexibility index (Phi) is 5.01. The van der Waals surface area contributed by atoms with Gasteiger partial charge >= 0.3 is 6.09 Å². The molecule has 0 aliphatic carbocycles. The maximum absolute atomic E-state index is 11.7. The Labute approximate surface area is 126 Å². The minimum absolute atomic E-state index is 0.134. The first kappa shape index (κ1) is 15.1. The molecule has 5 heteroatoms. The van der Waals surface area contributed by atoms with E-state index in [2.05, 4.69) is 6.92 Å². The van der Waals surface area contributed by atoms with Gasteiger partial charge in [-0.15, -0.1) is 0 Å². The van der Waals surface area contributed by atoms with Gasteiger partial charge < -0.3 is 14.2 Å². The zero-order valence-corrected chi connectivity index (χ0v) is 13.0. The van der Waals surface area contributed by atoms with Gasteiger partial charge in [-0.05, 0) is 19.3 Å². The lowest BCUT2D eigenvalue weighted by atomic mass is 10.0. The monoisotopic (exact) mass is 297 g/mol. The molecule has 0 aromatic heterocycles. The molecule has 0 saturated carbocycles. The third kappa shape index (κ3) is 3.34. The van der Waals surface area contributed by atoms with Crippen molar-refractivity contribution in [3.63, 3.8) is 0 Å². The number of carbonyl (C=O) groups is 1. The van der Waals surface area contributed by atoms with Gasteiger partial charge in [0, 0.05) is 13.2 Å². The quantitative estimate of drug-likeness (QED) is 0.459. The van der Waals surface area contributed by atoms with Crippen LogP contribution in [-0.2, 0) is 14.2 Å². The van der Waals surface area contributed by atoms with E-state index in [4.69, 9.17) is 14.2 Å². The fourth-order valence-corrected chi connectivity index (χ4v) is 3.56. The molecule has 21 heavy (non-hydrogen) atoms. The number of morpholine rings is 1. The van der Waals surface area contributed by atoms with Crippen molar-refractivity contribution in [2.75, 3.05) is 19.8 Å². The lowest BCUT2D eigenvalue weighted by Crippen LogP contribution is -2.40. The molecule has 0 radical (unpaired) electrons. The van der Waals surface area contributed by atoms with Crippen molar-refractivity contribution >= 4 is 6.09 Å². The summed E-state index contributed by atoms with van der Waals surface area (Å²) < 4.78 is 16.4. The van der Waals surface area contributed by atoms with Gasteiger partial charge in [-0.2, -0.15) is 0 Å². The fourth-order valence-electron chi connectivity index (χ4n) is 3.56. The zero-order valence-electron chi connectivity index (χ0n) is 13.0. The van der Waals surface area contributed by atoms with Crippen LogP contribution >= 0.6 is 0 Å². The maximum atomic E-state index is 11.7. The average Bonchev–Trinajstić information content (AvgIpc) is 3.09. The minimum atomic E-state index is -0.134. The summed E-state index contributed by atoms with van der Waals surface area (Å²) in [7, 11) is 0. The predicted molar refractivity (Wildman–Crippen MR) is 78.2 cm³/mol. The maximum Gasteiger partial charge on any atom is 0.410 e.